The molecule has 2 aromatic carbocycles. The fourth-order valence-corrected chi connectivity index (χ4v) is 4.67. The van der Waals surface area contributed by atoms with Crippen molar-refractivity contribution in [3.63, 3.8) is 0 Å². The Morgan fingerprint density at radius 2 is 2.07 bits per heavy atom. The second-order valence-corrected chi connectivity index (χ2v) is 8.22. The number of amides is 1. The Hall–Kier alpha value is -2.80. The van der Waals surface area contributed by atoms with Gasteiger partial charge in [-0.2, -0.15) is 0 Å². The van der Waals surface area contributed by atoms with Crippen LogP contribution in [0, 0.1) is 0 Å². The molecule has 2 aliphatic rings. The Bertz CT molecular complexity index is 1060. The molecule has 5 rings (SSSR count). The molecule has 0 fully saturated rings. The fraction of sp³-hybridized carbons (Fsp3) is 0.318. The fourth-order valence-electron chi connectivity index (χ4n) is 4.02. The first-order valence-corrected chi connectivity index (χ1v) is 10.8. The summed E-state index contributed by atoms with van der Waals surface area (Å²) >= 11 is 1.29. The van der Waals surface area contributed by atoms with Crippen molar-refractivity contribution in [2.45, 2.75) is 31.0 Å². The van der Waals surface area contributed by atoms with Gasteiger partial charge in [-0.3, -0.25) is 4.79 Å². The lowest BCUT2D eigenvalue weighted by Crippen LogP contribution is -2.39. The summed E-state index contributed by atoms with van der Waals surface area (Å²) in [5.41, 5.74) is 4.60. The molecule has 0 aliphatic carbocycles. The van der Waals surface area contributed by atoms with Crippen LogP contribution >= 0.6 is 11.8 Å². The normalized spacial score (nSPS) is 17.6. The summed E-state index contributed by atoms with van der Waals surface area (Å²) in [6.07, 6.45) is 1.79. The first kappa shape index (κ1) is 18.2. The van der Waals surface area contributed by atoms with Crippen LogP contribution in [0.1, 0.15) is 29.7 Å². The highest BCUT2D eigenvalue weighted by Crippen LogP contribution is 2.32. The standard InChI is InChI=1S/C22H21N3O3S/c1-14-18-5-3-2-4-15(18)8-10-25(14)20(26)13-29-22-24-23-21(28-22)17-6-7-19-16(12-17)9-11-27-19/h2-7,12,14H,8-11,13H2,1H3. The molecule has 3 heterocycles. The Balaban J connectivity index is 1.24. The van der Waals surface area contributed by atoms with Crippen LogP contribution in [0.3, 0.4) is 0 Å². The Morgan fingerprint density at radius 1 is 1.17 bits per heavy atom. The van der Waals surface area contributed by atoms with E-state index in [0.29, 0.717) is 17.7 Å². The van der Waals surface area contributed by atoms with Gasteiger partial charge in [-0.25, -0.2) is 0 Å². The van der Waals surface area contributed by atoms with Gasteiger partial charge in [0.05, 0.1) is 18.4 Å². The van der Waals surface area contributed by atoms with Crippen LogP contribution in [0.2, 0.25) is 0 Å². The van der Waals surface area contributed by atoms with Gasteiger partial charge in [0.25, 0.3) is 5.22 Å². The third-order valence-corrected chi connectivity index (χ3v) is 6.38. The van der Waals surface area contributed by atoms with Crippen LogP contribution in [-0.4, -0.2) is 39.9 Å². The first-order chi connectivity index (χ1) is 14.2. The molecule has 3 aromatic rings. The zero-order valence-corrected chi connectivity index (χ0v) is 16.9. The van der Waals surface area contributed by atoms with Gasteiger partial charge in [-0.1, -0.05) is 36.0 Å². The van der Waals surface area contributed by atoms with E-state index in [2.05, 4.69) is 35.3 Å². The van der Waals surface area contributed by atoms with Crippen molar-refractivity contribution in [2.75, 3.05) is 18.9 Å². The number of aromatic nitrogens is 2. The number of rotatable bonds is 4. The van der Waals surface area contributed by atoms with E-state index in [4.69, 9.17) is 9.15 Å². The van der Waals surface area contributed by atoms with Crippen molar-refractivity contribution in [3.8, 4) is 17.2 Å². The molecule has 0 N–H and O–H groups in total. The van der Waals surface area contributed by atoms with Gasteiger partial charge in [0.15, 0.2) is 0 Å². The number of carbonyl (C=O) groups excluding carboxylic acids is 1. The molecule has 29 heavy (non-hydrogen) atoms. The maximum absolute atomic E-state index is 12.8. The van der Waals surface area contributed by atoms with E-state index in [0.717, 1.165) is 36.3 Å². The van der Waals surface area contributed by atoms with Crippen molar-refractivity contribution >= 4 is 17.7 Å². The molecule has 1 aromatic heterocycles. The second-order valence-electron chi connectivity index (χ2n) is 7.29. The monoisotopic (exact) mass is 407 g/mol. The SMILES string of the molecule is CC1c2ccccc2CCN1C(=O)CSc1nnc(-c2ccc3c(c2)CCO3)o1. The molecule has 148 valence electrons. The predicted octanol–water partition coefficient (Wildman–Crippen LogP) is 3.91. The number of hydrogen-bond donors (Lipinski definition) is 0. The topological polar surface area (TPSA) is 68.5 Å². The number of fused-ring (bicyclic) bond motifs is 2. The van der Waals surface area contributed by atoms with Crippen LogP contribution in [0.5, 0.6) is 5.75 Å². The summed E-state index contributed by atoms with van der Waals surface area (Å²) in [7, 11) is 0. The molecule has 7 heteroatoms. The number of benzene rings is 2. The predicted molar refractivity (Wildman–Crippen MR) is 110 cm³/mol. The summed E-state index contributed by atoms with van der Waals surface area (Å²) < 4.78 is 11.3. The van der Waals surface area contributed by atoms with Crippen molar-refractivity contribution < 1.29 is 13.9 Å². The summed E-state index contributed by atoms with van der Waals surface area (Å²) in [4.78, 5) is 14.7. The molecule has 0 radical (unpaired) electrons. The largest absolute Gasteiger partial charge is 0.493 e. The van der Waals surface area contributed by atoms with Gasteiger partial charge in [0.2, 0.25) is 11.8 Å². The van der Waals surface area contributed by atoms with Gasteiger partial charge < -0.3 is 14.1 Å². The maximum Gasteiger partial charge on any atom is 0.277 e. The number of thioether (sulfide) groups is 1. The molecule has 0 saturated heterocycles. The van der Waals surface area contributed by atoms with Gasteiger partial charge in [0, 0.05) is 18.5 Å². The smallest absolute Gasteiger partial charge is 0.277 e. The van der Waals surface area contributed by atoms with Crippen LogP contribution in [0.25, 0.3) is 11.5 Å². The lowest BCUT2D eigenvalue weighted by atomic mass is 9.94. The van der Waals surface area contributed by atoms with E-state index in [-0.39, 0.29) is 17.7 Å². The Kier molecular flexibility index (Phi) is 4.75. The molecular formula is C22H21N3O3S. The molecule has 6 nitrogen and oxygen atoms in total. The van der Waals surface area contributed by atoms with Gasteiger partial charge >= 0.3 is 0 Å². The van der Waals surface area contributed by atoms with E-state index < -0.39 is 0 Å². The molecule has 2 aliphatic heterocycles. The number of ether oxygens (including phenoxy) is 1. The van der Waals surface area contributed by atoms with Gasteiger partial charge in [-0.05, 0) is 48.2 Å². The summed E-state index contributed by atoms with van der Waals surface area (Å²) in [6.45, 7) is 3.54. The third kappa shape index (κ3) is 3.51. The maximum atomic E-state index is 12.8. The van der Waals surface area contributed by atoms with Crippen LogP contribution in [0.15, 0.2) is 52.1 Å². The molecule has 0 spiro atoms. The van der Waals surface area contributed by atoms with Crippen molar-refractivity contribution in [1.29, 1.82) is 0 Å². The quantitative estimate of drug-likeness (QED) is 0.611. The molecule has 1 amide bonds. The van der Waals surface area contributed by atoms with E-state index in [9.17, 15) is 4.79 Å². The minimum atomic E-state index is 0.0833. The zero-order valence-electron chi connectivity index (χ0n) is 16.1. The number of nitrogens with zero attached hydrogens (tertiary/aromatic N) is 3. The summed E-state index contributed by atoms with van der Waals surface area (Å²) in [5.74, 6) is 1.76. The van der Waals surface area contributed by atoms with Crippen LogP contribution in [-0.2, 0) is 17.6 Å². The minimum Gasteiger partial charge on any atom is -0.493 e. The lowest BCUT2D eigenvalue weighted by molar-refractivity contribution is -0.130. The Morgan fingerprint density at radius 3 is 3.00 bits per heavy atom. The van der Waals surface area contributed by atoms with E-state index in [1.165, 1.54) is 22.9 Å². The average molecular weight is 407 g/mol. The second kappa shape index (κ2) is 7.55. The highest BCUT2D eigenvalue weighted by molar-refractivity contribution is 7.99. The van der Waals surface area contributed by atoms with Crippen molar-refractivity contribution in [1.82, 2.24) is 15.1 Å². The van der Waals surface area contributed by atoms with Crippen molar-refractivity contribution in [3.05, 3.63) is 59.2 Å². The molecular weight excluding hydrogens is 386 g/mol. The van der Waals surface area contributed by atoms with Crippen molar-refractivity contribution in [2.24, 2.45) is 0 Å². The average Bonchev–Trinajstić information content (AvgIpc) is 3.41. The number of carbonyl (C=O) groups is 1. The summed E-state index contributed by atoms with van der Waals surface area (Å²) in [5, 5.41) is 8.66. The molecule has 1 unspecified atom stereocenters. The highest BCUT2D eigenvalue weighted by Gasteiger charge is 2.27. The minimum absolute atomic E-state index is 0.0833. The molecule has 1 atom stereocenters. The highest BCUT2D eigenvalue weighted by atomic mass is 32.2. The van der Waals surface area contributed by atoms with E-state index in [1.807, 2.05) is 29.2 Å². The molecule has 0 saturated carbocycles. The van der Waals surface area contributed by atoms with E-state index in [1.54, 1.807) is 0 Å². The zero-order chi connectivity index (χ0) is 19.8. The summed E-state index contributed by atoms with van der Waals surface area (Å²) in [6, 6.07) is 14.3. The van der Waals surface area contributed by atoms with Crippen LogP contribution < -0.4 is 4.74 Å². The number of hydrogen-bond acceptors (Lipinski definition) is 6. The third-order valence-electron chi connectivity index (χ3n) is 5.58. The lowest BCUT2D eigenvalue weighted by Gasteiger charge is -2.35. The molecule has 0 bridgehead atoms. The van der Waals surface area contributed by atoms with Gasteiger partial charge in [0.1, 0.15) is 5.75 Å². The van der Waals surface area contributed by atoms with Crippen LogP contribution in [0.4, 0.5) is 0 Å². The van der Waals surface area contributed by atoms with E-state index >= 15 is 0 Å². The van der Waals surface area contributed by atoms with Gasteiger partial charge in [-0.15, -0.1) is 10.2 Å². The Labute approximate surface area is 173 Å². The first-order valence-electron chi connectivity index (χ1n) is 9.79.